The SMILES string of the molecule is C=CCS(=O)C/C=C/SSCC(N)C(=O)O.C=CCSS/C=C/CS(=O)CC=C.C=CCSSCC(N)C(=O)O.NC(CS)C(=O)O.NC(CS)C(=O)O. The number of rotatable bonds is 27. The van der Waals surface area contributed by atoms with Crippen LogP contribution in [0.15, 0.2) is 73.6 Å². The van der Waals surface area contributed by atoms with E-state index in [0.717, 1.165) is 11.5 Å². The van der Waals surface area contributed by atoms with Gasteiger partial charge in [0, 0.05) is 79.1 Å². The largest absolute Gasteiger partial charge is 0.480 e. The van der Waals surface area contributed by atoms with Gasteiger partial charge in [0.05, 0.1) is 0 Å². The van der Waals surface area contributed by atoms with Crippen molar-refractivity contribution >= 4 is 135 Å². The van der Waals surface area contributed by atoms with Gasteiger partial charge in [0.2, 0.25) is 0 Å². The summed E-state index contributed by atoms with van der Waals surface area (Å²) >= 11 is 7.30. The summed E-state index contributed by atoms with van der Waals surface area (Å²) < 4.78 is 22.2. The van der Waals surface area contributed by atoms with Gasteiger partial charge in [-0.1, -0.05) is 101 Å². The molecular weight excluding hydrogens is 897 g/mol. The van der Waals surface area contributed by atoms with Gasteiger partial charge >= 0.3 is 23.9 Å². The summed E-state index contributed by atoms with van der Waals surface area (Å²) in [6.45, 7) is 14.2. The number of carbonyl (C=O) groups is 4. The summed E-state index contributed by atoms with van der Waals surface area (Å²) in [4.78, 5) is 40.1. The van der Waals surface area contributed by atoms with Crippen LogP contribution in [0.1, 0.15) is 0 Å². The van der Waals surface area contributed by atoms with E-state index in [2.05, 4.69) is 51.6 Å². The minimum Gasteiger partial charge on any atom is -0.480 e. The van der Waals surface area contributed by atoms with Crippen LogP contribution in [0, 0.1) is 0 Å². The molecule has 0 aliphatic heterocycles. The van der Waals surface area contributed by atoms with Crippen molar-refractivity contribution in [2.75, 3.05) is 57.5 Å². The number of carboxylic acid groups (broad SMARTS) is 4. The molecular formula is C30H54N4O10S10. The summed E-state index contributed by atoms with van der Waals surface area (Å²) in [5.41, 5.74) is 20.4. The van der Waals surface area contributed by atoms with Crippen LogP contribution in [0.25, 0.3) is 0 Å². The van der Waals surface area contributed by atoms with E-state index in [-0.39, 0.29) is 11.5 Å². The summed E-state index contributed by atoms with van der Waals surface area (Å²) in [6, 6.07) is -3.22. The zero-order chi connectivity index (χ0) is 42.7. The summed E-state index contributed by atoms with van der Waals surface area (Å²) in [5.74, 6) is 1.14. The molecule has 0 heterocycles. The van der Waals surface area contributed by atoms with Gasteiger partial charge in [-0.05, 0) is 10.8 Å². The Morgan fingerprint density at radius 3 is 1.17 bits per heavy atom. The number of thiol groups is 2. The standard InChI is InChI=1S/C9H15NO3S3.C9H14OS3.C6H11NO2S2.2C3H7NO2S/c1-2-5-16(13)6-3-4-14-15-7-8(10)9(11)12;1-3-6-11-12-7-5-9-13(10)8-4-2;1-2-3-10-11-4-5(7)6(8)9;2*4-2(1-7)3(5)6/h2-4,8H,1,5-7,10H2,(H,11,12);3-5,7H,1-2,6,8-9H2;2,5H,1,3-4,7H2,(H,8,9);2*2,7H,1,4H2,(H,5,6)/b4-3+;7-5+;;;. The molecule has 0 aromatic heterocycles. The minimum absolute atomic E-state index is 0.190. The molecule has 24 heteroatoms. The Bertz CT molecular complexity index is 1130. The number of nitrogens with two attached hydrogens (primary N) is 4. The quantitative estimate of drug-likeness (QED) is 0.0242. The van der Waals surface area contributed by atoms with Crippen LogP contribution in [-0.2, 0) is 40.8 Å². The first-order chi connectivity index (χ1) is 25.4. The van der Waals surface area contributed by atoms with Crippen LogP contribution in [0.4, 0.5) is 0 Å². The lowest BCUT2D eigenvalue weighted by atomic mass is 10.4. The summed E-state index contributed by atoms with van der Waals surface area (Å²) in [6.07, 6.45) is 10.7. The molecule has 6 unspecified atom stereocenters. The van der Waals surface area contributed by atoms with E-state index < -0.39 is 69.6 Å². The maximum Gasteiger partial charge on any atom is 0.321 e. The number of carboxylic acids is 4. The van der Waals surface area contributed by atoms with E-state index in [4.69, 9.17) is 43.4 Å². The van der Waals surface area contributed by atoms with Crippen molar-refractivity contribution in [2.24, 2.45) is 22.9 Å². The second-order valence-corrected chi connectivity index (χ2v) is 19.9. The first-order valence-corrected chi connectivity index (χ1v) is 26.3. The molecule has 0 saturated carbocycles. The van der Waals surface area contributed by atoms with E-state index in [1.54, 1.807) is 62.1 Å². The van der Waals surface area contributed by atoms with Crippen molar-refractivity contribution in [1.29, 1.82) is 0 Å². The Kier molecular flexibility index (Phi) is 56.0. The molecule has 0 aromatic carbocycles. The Morgan fingerprint density at radius 1 is 0.537 bits per heavy atom. The maximum atomic E-state index is 11.1. The van der Waals surface area contributed by atoms with Crippen molar-refractivity contribution in [3.63, 3.8) is 0 Å². The molecule has 314 valence electrons. The smallest absolute Gasteiger partial charge is 0.321 e. The second kappa shape index (κ2) is 48.4. The average molecular weight is 951 g/mol. The minimum atomic E-state index is -1.00. The maximum absolute atomic E-state index is 11.1. The van der Waals surface area contributed by atoms with Gasteiger partial charge in [-0.3, -0.25) is 27.6 Å². The Balaban J connectivity index is -0.000000192. The zero-order valence-electron chi connectivity index (χ0n) is 29.5. The molecule has 0 aliphatic rings. The predicted molar refractivity (Wildman–Crippen MR) is 250 cm³/mol. The topological polar surface area (TPSA) is 287 Å². The lowest BCUT2D eigenvalue weighted by molar-refractivity contribution is -0.138. The van der Waals surface area contributed by atoms with E-state index in [0.29, 0.717) is 34.5 Å². The molecule has 0 amide bonds. The number of hydrogen-bond acceptors (Lipinski definition) is 18. The molecule has 14 nitrogen and oxygen atoms in total. The highest BCUT2D eigenvalue weighted by Crippen LogP contribution is 2.23. The van der Waals surface area contributed by atoms with Crippen molar-refractivity contribution < 1.29 is 48.0 Å². The highest BCUT2D eigenvalue weighted by Gasteiger charge is 2.11. The summed E-state index contributed by atoms with van der Waals surface area (Å²) in [7, 11) is 7.45. The third-order valence-corrected chi connectivity index (χ3v) is 13.8. The van der Waals surface area contributed by atoms with Crippen molar-refractivity contribution in [1.82, 2.24) is 0 Å². The van der Waals surface area contributed by atoms with E-state index in [9.17, 15) is 27.6 Å². The third-order valence-electron chi connectivity index (χ3n) is 4.22. The highest BCUT2D eigenvalue weighted by atomic mass is 33.1. The van der Waals surface area contributed by atoms with E-state index >= 15 is 0 Å². The predicted octanol–water partition coefficient (Wildman–Crippen LogP) is 3.85. The second-order valence-electron chi connectivity index (χ2n) is 8.92. The molecule has 12 N–H and O–H groups in total. The molecule has 0 saturated heterocycles. The van der Waals surface area contributed by atoms with Crippen LogP contribution in [0.5, 0.6) is 0 Å². The Hall–Kier alpha value is -0.740. The molecule has 0 rings (SSSR count). The molecule has 0 radical (unpaired) electrons. The van der Waals surface area contributed by atoms with Gasteiger partial charge in [0.1, 0.15) is 24.2 Å². The average Bonchev–Trinajstić information content (AvgIpc) is 3.13. The molecule has 0 bridgehead atoms. The third kappa shape index (κ3) is 55.6. The molecule has 0 spiro atoms. The normalized spacial score (nSPS) is 13.5. The van der Waals surface area contributed by atoms with Gasteiger partial charge in [-0.2, -0.15) is 25.3 Å². The van der Waals surface area contributed by atoms with Gasteiger partial charge in [-0.25, -0.2) is 0 Å². The van der Waals surface area contributed by atoms with Crippen LogP contribution in [-0.4, -0.2) is 134 Å². The highest BCUT2D eigenvalue weighted by molar-refractivity contribution is 8.78. The van der Waals surface area contributed by atoms with Gasteiger partial charge in [0.15, 0.2) is 0 Å². The fourth-order valence-corrected chi connectivity index (χ4v) is 8.62. The van der Waals surface area contributed by atoms with Crippen LogP contribution < -0.4 is 22.9 Å². The van der Waals surface area contributed by atoms with Crippen LogP contribution in [0.3, 0.4) is 0 Å². The molecule has 6 atom stereocenters. The van der Waals surface area contributed by atoms with Crippen LogP contribution in [0.2, 0.25) is 0 Å². The summed E-state index contributed by atoms with van der Waals surface area (Å²) in [5, 5.41) is 36.6. The Morgan fingerprint density at radius 2 is 0.870 bits per heavy atom. The number of hydrogen-bond donors (Lipinski definition) is 10. The van der Waals surface area contributed by atoms with Crippen molar-refractivity contribution in [3.05, 3.63) is 73.6 Å². The Labute approximate surface area is 358 Å². The van der Waals surface area contributed by atoms with E-state index in [1.807, 2.05) is 17.6 Å². The molecule has 54 heavy (non-hydrogen) atoms. The fraction of sp³-hybridized carbons (Fsp3) is 0.467. The molecule has 0 aromatic rings. The first-order valence-electron chi connectivity index (χ1n) is 14.8. The monoisotopic (exact) mass is 950 g/mol. The van der Waals surface area contributed by atoms with Gasteiger partial charge in [0.25, 0.3) is 0 Å². The first kappa shape index (κ1) is 62.5. The van der Waals surface area contributed by atoms with E-state index in [1.165, 1.54) is 32.4 Å². The van der Waals surface area contributed by atoms with Gasteiger partial charge in [-0.15, -0.1) is 26.3 Å². The molecule has 0 fully saturated rings. The van der Waals surface area contributed by atoms with Crippen molar-refractivity contribution in [2.45, 2.75) is 24.2 Å². The fourth-order valence-electron chi connectivity index (χ4n) is 1.57. The molecule has 0 aliphatic carbocycles. The van der Waals surface area contributed by atoms with Crippen molar-refractivity contribution in [3.8, 4) is 0 Å². The van der Waals surface area contributed by atoms with Crippen LogP contribution >= 0.6 is 90.0 Å². The lowest BCUT2D eigenvalue weighted by Gasteiger charge is -2.03. The number of aliphatic carboxylic acids is 4. The lowest BCUT2D eigenvalue weighted by Crippen LogP contribution is -2.32. The zero-order valence-corrected chi connectivity index (χ0v) is 37.9. The van der Waals surface area contributed by atoms with Gasteiger partial charge < -0.3 is 43.4 Å².